The quantitative estimate of drug-likeness (QED) is 0.846. The van der Waals surface area contributed by atoms with Crippen LogP contribution < -0.4 is 11.1 Å². The molecule has 6 heteroatoms. The fourth-order valence-corrected chi connectivity index (χ4v) is 2.19. The molecule has 0 radical (unpaired) electrons. The third kappa shape index (κ3) is 3.14. The van der Waals surface area contributed by atoms with Crippen molar-refractivity contribution in [2.45, 2.75) is 13.5 Å². The number of carbonyl (C=O) groups excluding carboxylic acids is 1. The molecular formula is C14H13BrFN3O. The number of nitrogens with two attached hydrogens (primary N) is 1. The number of nitrogens with one attached hydrogen (secondary N) is 1. The van der Waals surface area contributed by atoms with Gasteiger partial charge in [0.2, 0.25) is 0 Å². The maximum atomic E-state index is 13.2. The Morgan fingerprint density at radius 2 is 2.25 bits per heavy atom. The number of aryl methyl sites for hydroxylation is 1. The first kappa shape index (κ1) is 14.5. The normalized spacial score (nSPS) is 10.3. The number of benzene rings is 1. The van der Waals surface area contributed by atoms with E-state index in [1.54, 1.807) is 12.4 Å². The number of halogens is 2. The molecule has 0 unspecified atom stereocenters. The lowest BCUT2D eigenvalue weighted by molar-refractivity contribution is 0.0950. The van der Waals surface area contributed by atoms with Crippen molar-refractivity contribution in [1.29, 1.82) is 0 Å². The van der Waals surface area contributed by atoms with Crippen LogP contribution in [0.1, 0.15) is 21.5 Å². The van der Waals surface area contributed by atoms with Gasteiger partial charge in [0.05, 0.1) is 11.3 Å². The smallest absolute Gasteiger partial charge is 0.252 e. The van der Waals surface area contributed by atoms with Gasteiger partial charge in [-0.3, -0.25) is 9.78 Å². The summed E-state index contributed by atoms with van der Waals surface area (Å²) < 4.78 is 13.6. The van der Waals surface area contributed by atoms with Crippen LogP contribution in [0.2, 0.25) is 0 Å². The molecule has 0 aliphatic carbocycles. The number of amides is 1. The second kappa shape index (κ2) is 6.00. The topological polar surface area (TPSA) is 68.0 Å². The Morgan fingerprint density at radius 3 is 2.95 bits per heavy atom. The summed E-state index contributed by atoms with van der Waals surface area (Å²) in [5.41, 5.74) is 7.67. The summed E-state index contributed by atoms with van der Waals surface area (Å²) >= 11 is 3.15. The van der Waals surface area contributed by atoms with Gasteiger partial charge in [0.25, 0.3) is 5.91 Å². The molecule has 1 aromatic heterocycles. The maximum absolute atomic E-state index is 13.2. The number of hydrogen-bond acceptors (Lipinski definition) is 3. The van der Waals surface area contributed by atoms with Crippen LogP contribution in [0.5, 0.6) is 0 Å². The summed E-state index contributed by atoms with van der Waals surface area (Å²) in [5, 5.41) is 2.76. The Kier molecular flexibility index (Phi) is 4.34. The van der Waals surface area contributed by atoms with Crippen LogP contribution in [0.4, 0.5) is 10.1 Å². The number of pyridine rings is 1. The molecule has 0 aliphatic heterocycles. The zero-order valence-corrected chi connectivity index (χ0v) is 12.4. The lowest BCUT2D eigenvalue weighted by atomic mass is 10.1. The highest BCUT2D eigenvalue weighted by Crippen LogP contribution is 2.22. The minimum Gasteiger partial charge on any atom is -0.396 e. The third-order valence-corrected chi connectivity index (χ3v) is 3.57. The van der Waals surface area contributed by atoms with Gasteiger partial charge in [-0.15, -0.1) is 0 Å². The summed E-state index contributed by atoms with van der Waals surface area (Å²) in [6, 6.07) is 4.36. The van der Waals surface area contributed by atoms with E-state index in [4.69, 9.17) is 5.73 Å². The molecule has 1 aromatic carbocycles. The summed E-state index contributed by atoms with van der Waals surface area (Å²) in [5.74, 6) is -0.886. The van der Waals surface area contributed by atoms with E-state index in [0.29, 0.717) is 16.6 Å². The minimum atomic E-state index is -0.559. The zero-order chi connectivity index (χ0) is 14.7. The van der Waals surface area contributed by atoms with Gasteiger partial charge in [0, 0.05) is 23.4 Å². The van der Waals surface area contributed by atoms with E-state index in [9.17, 15) is 9.18 Å². The van der Waals surface area contributed by atoms with E-state index < -0.39 is 5.82 Å². The van der Waals surface area contributed by atoms with Crippen molar-refractivity contribution in [3.05, 3.63) is 57.6 Å². The van der Waals surface area contributed by atoms with Crippen LogP contribution in [0.15, 0.2) is 35.1 Å². The highest BCUT2D eigenvalue weighted by atomic mass is 79.9. The monoisotopic (exact) mass is 337 g/mol. The predicted octanol–water partition coefficient (Wildman–Crippen LogP) is 2.80. The fourth-order valence-electron chi connectivity index (χ4n) is 1.69. The molecule has 1 heterocycles. The molecule has 2 rings (SSSR count). The Morgan fingerprint density at radius 1 is 1.50 bits per heavy atom. The number of hydrogen-bond donors (Lipinski definition) is 2. The Hall–Kier alpha value is -1.95. The number of carbonyl (C=O) groups is 1. The van der Waals surface area contributed by atoms with E-state index in [0.717, 1.165) is 11.1 Å². The number of rotatable bonds is 3. The van der Waals surface area contributed by atoms with Gasteiger partial charge >= 0.3 is 0 Å². The second-order valence-corrected chi connectivity index (χ2v) is 5.19. The van der Waals surface area contributed by atoms with Crippen LogP contribution >= 0.6 is 15.9 Å². The molecule has 1 amide bonds. The molecule has 2 aromatic rings. The van der Waals surface area contributed by atoms with Crippen LogP contribution in [-0.4, -0.2) is 10.9 Å². The highest BCUT2D eigenvalue weighted by Gasteiger charge is 2.13. The zero-order valence-electron chi connectivity index (χ0n) is 10.8. The summed E-state index contributed by atoms with van der Waals surface area (Å²) in [6.07, 6.45) is 3.39. The van der Waals surface area contributed by atoms with Crippen molar-refractivity contribution in [3.63, 3.8) is 0 Å². The van der Waals surface area contributed by atoms with Crippen molar-refractivity contribution in [2.75, 3.05) is 5.73 Å². The first-order valence-corrected chi connectivity index (χ1v) is 6.70. The summed E-state index contributed by atoms with van der Waals surface area (Å²) in [4.78, 5) is 16.1. The van der Waals surface area contributed by atoms with E-state index >= 15 is 0 Å². The molecule has 20 heavy (non-hydrogen) atoms. The van der Waals surface area contributed by atoms with Crippen molar-refractivity contribution >= 4 is 27.5 Å². The highest BCUT2D eigenvalue weighted by molar-refractivity contribution is 9.10. The Balaban J connectivity index is 2.13. The first-order valence-electron chi connectivity index (χ1n) is 5.91. The molecule has 3 N–H and O–H groups in total. The fraction of sp³-hybridized carbons (Fsp3) is 0.143. The van der Waals surface area contributed by atoms with Gasteiger partial charge in [0.1, 0.15) is 5.82 Å². The van der Waals surface area contributed by atoms with E-state index in [1.165, 1.54) is 12.1 Å². The lowest BCUT2D eigenvalue weighted by Crippen LogP contribution is -2.24. The number of anilines is 1. The molecule has 0 spiro atoms. The molecule has 0 saturated carbocycles. The van der Waals surface area contributed by atoms with Gasteiger partial charge in [0.15, 0.2) is 0 Å². The average Bonchev–Trinajstić information content (AvgIpc) is 2.41. The number of nitrogen functional groups attached to an aromatic ring is 1. The van der Waals surface area contributed by atoms with Crippen molar-refractivity contribution < 1.29 is 9.18 Å². The molecule has 4 nitrogen and oxygen atoms in total. The Labute approximate surface area is 124 Å². The predicted molar refractivity (Wildman–Crippen MR) is 78.7 cm³/mol. The van der Waals surface area contributed by atoms with Gasteiger partial charge < -0.3 is 11.1 Å². The number of nitrogens with zero attached hydrogens (tertiary/aromatic N) is 1. The van der Waals surface area contributed by atoms with E-state index in [1.807, 2.05) is 13.0 Å². The number of aromatic nitrogens is 1. The lowest BCUT2D eigenvalue weighted by Gasteiger charge is -2.09. The van der Waals surface area contributed by atoms with Gasteiger partial charge in [-0.1, -0.05) is 0 Å². The average molecular weight is 338 g/mol. The van der Waals surface area contributed by atoms with Crippen molar-refractivity contribution in [1.82, 2.24) is 10.3 Å². The third-order valence-electron chi connectivity index (χ3n) is 2.92. The maximum Gasteiger partial charge on any atom is 0.252 e. The molecule has 0 aliphatic rings. The van der Waals surface area contributed by atoms with Crippen molar-refractivity contribution in [3.8, 4) is 0 Å². The SMILES string of the molecule is Cc1ccncc1CNC(=O)c1cc(N)c(F)cc1Br. The van der Waals surface area contributed by atoms with Crippen LogP contribution in [0, 0.1) is 12.7 Å². The van der Waals surface area contributed by atoms with Gasteiger partial charge in [-0.25, -0.2) is 4.39 Å². The molecule has 0 fully saturated rings. The summed E-state index contributed by atoms with van der Waals surface area (Å²) in [6.45, 7) is 2.29. The largest absolute Gasteiger partial charge is 0.396 e. The molecule has 0 saturated heterocycles. The van der Waals surface area contributed by atoms with E-state index in [2.05, 4.69) is 26.2 Å². The van der Waals surface area contributed by atoms with Crippen LogP contribution in [0.25, 0.3) is 0 Å². The molecule has 0 atom stereocenters. The van der Waals surface area contributed by atoms with Crippen LogP contribution in [-0.2, 0) is 6.54 Å². The second-order valence-electron chi connectivity index (χ2n) is 4.34. The van der Waals surface area contributed by atoms with Crippen LogP contribution in [0.3, 0.4) is 0 Å². The molecule has 0 bridgehead atoms. The Bertz CT molecular complexity index is 661. The van der Waals surface area contributed by atoms with E-state index in [-0.39, 0.29) is 11.6 Å². The first-order chi connectivity index (χ1) is 9.49. The van der Waals surface area contributed by atoms with Gasteiger partial charge in [-0.2, -0.15) is 0 Å². The molecule has 104 valence electrons. The molecular weight excluding hydrogens is 325 g/mol. The van der Waals surface area contributed by atoms with Gasteiger partial charge in [-0.05, 0) is 52.2 Å². The van der Waals surface area contributed by atoms with Crippen molar-refractivity contribution in [2.24, 2.45) is 0 Å². The summed E-state index contributed by atoms with van der Waals surface area (Å²) in [7, 11) is 0. The minimum absolute atomic E-state index is 0.0593. The standard InChI is InChI=1S/C14H13BrFN3O/c1-8-2-3-18-6-9(8)7-19-14(20)10-4-13(17)12(16)5-11(10)15/h2-6H,7,17H2,1H3,(H,19,20).